The number of nitrogen functional groups attached to an aromatic ring is 1. The molecule has 130 valence electrons. The van der Waals surface area contributed by atoms with Crippen LogP contribution in [0.5, 0.6) is 0 Å². The fourth-order valence-electron chi connectivity index (χ4n) is 2.25. The largest absolute Gasteiger partial charge is 0.465 e. The van der Waals surface area contributed by atoms with E-state index in [0.717, 1.165) is 11.4 Å². The molecule has 7 heteroatoms. The van der Waals surface area contributed by atoms with Crippen LogP contribution in [0.4, 0.5) is 16.2 Å². The predicted molar refractivity (Wildman–Crippen MR) is 98.2 cm³/mol. The highest BCUT2D eigenvalue weighted by atomic mass is 16.4. The highest BCUT2D eigenvalue weighted by Crippen LogP contribution is 2.11. The van der Waals surface area contributed by atoms with Crippen LogP contribution in [0.15, 0.2) is 65.5 Å². The molecule has 1 heterocycles. The van der Waals surface area contributed by atoms with Crippen molar-refractivity contribution < 1.29 is 9.90 Å². The summed E-state index contributed by atoms with van der Waals surface area (Å²) >= 11 is 0. The molecule has 0 aliphatic carbocycles. The quantitative estimate of drug-likeness (QED) is 0.624. The van der Waals surface area contributed by atoms with E-state index in [-0.39, 0.29) is 5.56 Å². The van der Waals surface area contributed by atoms with Crippen molar-refractivity contribution in [1.82, 2.24) is 9.36 Å². The van der Waals surface area contributed by atoms with Crippen LogP contribution in [0.1, 0.15) is 5.69 Å². The van der Waals surface area contributed by atoms with Gasteiger partial charge in [-0.25, -0.2) is 9.48 Å². The molecule has 3 rings (SSSR count). The summed E-state index contributed by atoms with van der Waals surface area (Å²) in [4.78, 5) is 21.7. The molecular formula is C18H20N4O3. The number of para-hydroxylation sites is 1. The van der Waals surface area contributed by atoms with E-state index in [1.165, 1.54) is 0 Å². The average Bonchev–Trinajstić information content (AvgIpc) is 2.81. The van der Waals surface area contributed by atoms with E-state index in [0.29, 0.717) is 11.4 Å². The second kappa shape index (κ2) is 7.87. The summed E-state index contributed by atoms with van der Waals surface area (Å²) in [6, 6.07) is 17.8. The molecule has 0 saturated heterocycles. The van der Waals surface area contributed by atoms with Gasteiger partial charge in [0.1, 0.15) is 0 Å². The molecule has 1 amide bonds. The lowest BCUT2D eigenvalue weighted by Crippen LogP contribution is -2.18. The van der Waals surface area contributed by atoms with Gasteiger partial charge in [0, 0.05) is 30.2 Å². The topological polar surface area (TPSA) is 102 Å². The molecule has 0 unspecified atom stereocenters. The van der Waals surface area contributed by atoms with Crippen molar-refractivity contribution in [2.45, 2.75) is 6.92 Å². The van der Waals surface area contributed by atoms with E-state index in [9.17, 15) is 9.59 Å². The maximum absolute atomic E-state index is 11.6. The highest BCUT2D eigenvalue weighted by Gasteiger charge is 2.05. The number of carboxylic acid groups (broad SMARTS) is 1. The summed E-state index contributed by atoms with van der Waals surface area (Å²) in [6.45, 7) is 1.92. The highest BCUT2D eigenvalue weighted by molar-refractivity contribution is 5.83. The summed E-state index contributed by atoms with van der Waals surface area (Å²) in [5, 5.41) is 10.5. The molecule has 0 spiro atoms. The Morgan fingerprint density at radius 1 is 1.08 bits per heavy atom. The van der Waals surface area contributed by atoms with E-state index < -0.39 is 6.09 Å². The number of nitrogens with one attached hydrogen (secondary N) is 1. The van der Waals surface area contributed by atoms with Crippen molar-refractivity contribution in [1.29, 1.82) is 0 Å². The number of benzene rings is 2. The Balaban J connectivity index is 0.000000186. The van der Waals surface area contributed by atoms with Crippen LogP contribution in [0, 0.1) is 6.92 Å². The summed E-state index contributed by atoms with van der Waals surface area (Å²) in [7, 11) is 1.88. The fraction of sp³-hybridized carbons (Fsp3) is 0.111. The van der Waals surface area contributed by atoms with Crippen LogP contribution < -0.4 is 16.6 Å². The summed E-state index contributed by atoms with van der Waals surface area (Å²) in [6.07, 6.45) is -1.09. The number of hydrogen-bond acceptors (Lipinski definition) is 3. The number of nitrogens with two attached hydrogens (primary N) is 1. The van der Waals surface area contributed by atoms with E-state index in [2.05, 4.69) is 5.32 Å². The number of carbonyl (C=O) groups is 1. The van der Waals surface area contributed by atoms with Crippen molar-refractivity contribution in [3.8, 4) is 5.69 Å². The lowest BCUT2D eigenvalue weighted by Gasteiger charge is -2.07. The van der Waals surface area contributed by atoms with Gasteiger partial charge < -0.3 is 10.8 Å². The molecular weight excluding hydrogens is 320 g/mol. The van der Waals surface area contributed by atoms with E-state index in [1.54, 1.807) is 35.0 Å². The first-order valence-electron chi connectivity index (χ1n) is 7.55. The van der Waals surface area contributed by atoms with Crippen LogP contribution in [-0.4, -0.2) is 20.6 Å². The smallest absolute Gasteiger partial charge is 0.409 e. The van der Waals surface area contributed by atoms with Crippen molar-refractivity contribution >= 4 is 17.5 Å². The SMILES string of the molecule is Cc1cc(=O)n(-c2ccccc2)n1C.Nc1cccc(NC(=O)O)c1. The Labute approximate surface area is 144 Å². The van der Waals surface area contributed by atoms with Crippen LogP contribution in [-0.2, 0) is 7.05 Å². The minimum absolute atomic E-state index is 0.0104. The van der Waals surface area contributed by atoms with Gasteiger partial charge in [0.25, 0.3) is 5.56 Å². The molecule has 0 aliphatic heterocycles. The Morgan fingerprint density at radius 3 is 2.28 bits per heavy atom. The second-order valence-corrected chi connectivity index (χ2v) is 5.35. The van der Waals surface area contributed by atoms with Gasteiger partial charge in [0.05, 0.1) is 5.69 Å². The first kappa shape index (κ1) is 17.9. The Hall–Kier alpha value is -3.48. The summed E-state index contributed by atoms with van der Waals surface area (Å²) < 4.78 is 3.49. The molecule has 4 N–H and O–H groups in total. The van der Waals surface area contributed by atoms with Crippen molar-refractivity contribution in [3.05, 3.63) is 76.7 Å². The minimum atomic E-state index is -1.09. The van der Waals surface area contributed by atoms with Gasteiger partial charge in [0.15, 0.2) is 0 Å². The summed E-state index contributed by atoms with van der Waals surface area (Å²) in [5.41, 5.74) is 8.29. The van der Waals surface area contributed by atoms with Crippen LogP contribution in [0.25, 0.3) is 5.69 Å². The third-order valence-corrected chi connectivity index (χ3v) is 3.49. The van der Waals surface area contributed by atoms with Gasteiger partial charge in [-0.1, -0.05) is 24.3 Å². The minimum Gasteiger partial charge on any atom is -0.465 e. The molecule has 25 heavy (non-hydrogen) atoms. The third-order valence-electron chi connectivity index (χ3n) is 3.49. The zero-order valence-corrected chi connectivity index (χ0v) is 14.0. The number of rotatable bonds is 2. The molecule has 0 aliphatic rings. The number of aromatic nitrogens is 2. The van der Waals surface area contributed by atoms with E-state index >= 15 is 0 Å². The zero-order chi connectivity index (χ0) is 18.4. The maximum atomic E-state index is 11.6. The lowest BCUT2D eigenvalue weighted by molar-refractivity contribution is 0.210. The van der Waals surface area contributed by atoms with E-state index in [1.807, 2.05) is 49.0 Å². The monoisotopic (exact) mass is 340 g/mol. The Kier molecular flexibility index (Phi) is 5.62. The maximum Gasteiger partial charge on any atom is 0.409 e. The first-order chi connectivity index (χ1) is 11.9. The molecule has 0 atom stereocenters. The Morgan fingerprint density at radius 2 is 1.76 bits per heavy atom. The first-order valence-corrected chi connectivity index (χ1v) is 7.55. The molecule has 0 radical (unpaired) electrons. The fourth-order valence-corrected chi connectivity index (χ4v) is 2.25. The van der Waals surface area contributed by atoms with Crippen LogP contribution in [0.3, 0.4) is 0 Å². The average molecular weight is 340 g/mol. The van der Waals surface area contributed by atoms with Gasteiger partial charge in [-0.2, -0.15) is 0 Å². The van der Waals surface area contributed by atoms with Gasteiger partial charge in [-0.05, 0) is 37.3 Å². The number of aryl methyl sites for hydroxylation is 1. The van der Waals surface area contributed by atoms with Gasteiger partial charge >= 0.3 is 6.09 Å². The van der Waals surface area contributed by atoms with Crippen LogP contribution in [0.2, 0.25) is 0 Å². The predicted octanol–water partition coefficient (Wildman–Crippen LogP) is 2.84. The molecule has 3 aromatic rings. The standard InChI is InChI=1S/C11H12N2O.C7H8N2O2/c1-9-8-11(14)13(12(9)2)10-6-4-3-5-7-10;8-5-2-1-3-6(4-5)9-7(10)11/h3-8H,1-2H3;1-4,9H,8H2,(H,10,11). The van der Waals surface area contributed by atoms with Gasteiger partial charge in [-0.3, -0.25) is 14.8 Å². The normalized spacial score (nSPS) is 9.84. The molecule has 0 saturated carbocycles. The Bertz CT molecular complexity index is 914. The van der Waals surface area contributed by atoms with Crippen molar-refractivity contribution in [2.75, 3.05) is 11.1 Å². The van der Waals surface area contributed by atoms with Gasteiger partial charge in [0.2, 0.25) is 0 Å². The van der Waals surface area contributed by atoms with Crippen LogP contribution >= 0.6 is 0 Å². The van der Waals surface area contributed by atoms with E-state index in [4.69, 9.17) is 10.8 Å². The number of amides is 1. The third kappa shape index (κ3) is 4.74. The van der Waals surface area contributed by atoms with Crippen molar-refractivity contribution in [3.63, 3.8) is 0 Å². The zero-order valence-electron chi connectivity index (χ0n) is 14.0. The second-order valence-electron chi connectivity index (χ2n) is 5.35. The molecule has 2 aromatic carbocycles. The molecule has 7 nitrogen and oxygen atoms in total. The molecule has 0 bridgehead atoms. The molecule has 0 fully saturated rings. The lowest BCUT2D eigenvalue weighted by atomic mass is 10.3. The number of hydrogen-bond donors (Lipinski definition) is 3. The molecule has 1 aromatic heterocycles. The summed E-state index contributed by atoms with van der Waals surface area (Å²) in [5.74, 6) is 0. The van der Waals surface area contributed by atoms with Gasteiger partial charge in [-0.15, -0.1) is 0 Å². The number of anilines is 2. The number of nitrogens with zero attached hydrogens (tertiary/aromatic N) is 2. The van der Waals surface area contributed by atoms with Crippen molar-refractivity contribution in [2.24, 2.45) is 7.05 Å².